The van der Waals surface area contributed by atoms with Crippen molar-refractivity contribution in [3.63, 3.8) is 0 Å². The Morgan fingerprint density at radius 2 is 1.89 bits per heavy atom. The van der Waals surface area contributed by atoms with Crippen LogP contribution in [0.4, 0.5) is 8.78 Å². The smallest absolute Gasteiger partial charge is 0.219 e. The van der Waals surface area contributed by atoms with Crippen LogP contribution in [0.5, 0.6) is 11.6 Å². The zero-order valence-electron chi connectivity index (χ0n) is 9.18. The number of aromatic nitrogens is 1. The maximum atomic E-state index is 13.5. The summed E-state index contributed by atoms with van der Waals surface area (Å²) in [6.45, 7) is 1.84. The third-order valence-electron chi connectivity index (χ3n) is 2.20. The molecule has 0 N–H and O–H groups in total. The van der Waals surface area contributed by atoms with Crippen molar-refractivity contribution < 1.29 is 13.5 Å². The molecule has 1 heterocycles. The van der Waals surface area contributed by atoms with E-state index in [4.69, 9.17) is 4.74 Å². The molecule has 0 amide bonds. The van der Waals surface area contributed by atoms with Gasteiger partial charge < -0.3 is 4.74 Å². The lowest BCUT2D eigenvalue weighted by Gasteiger charge is -2.08. The molecule has 0 unspecified atom stereocenters. The van der Waals surface area contributed by atoms with E-state index in [1.807, 2.05) is 6.92 Å². The van der Waals surface area contributed by atoms with Crippen molar-refractivity contribution in [1.82, 2.24) is 4.98 Å². The Kier molecular flexibility index (Phi) is 3.97. The third-order valence-corrected chi connectivity index (χ3v) is 3.48. The first-order valence-corrected chi connectivity index (χ1v) is 6.50. The summed E-state index contributed by atoms with van der Waals surface area (Å²) in [6, 6.07) is 4.00. The second-order valence-corrected chi connectivity index (χ2v) is 5.34. The van der Waals surface area contributed by atoms with Gasteiger partial charge in [0.05, 0.1) is 0 Å². The fraction of sp³-hybridized carbons (Fsp3) is 0.0833. The molecule has 0 saturated carbocycles. The lowest BCUT2D eigenvalue weighted by molar-refractivity contribution is 0.404. The number of hydrogen-bond donors (Lipinski definition) is 0. The highest BCUT2D eigenvalue weighted by Gasteiger charge is 2.13. The zero-order chi connectivity index (χ0) is 13.3. The quantitative estimate of drug-likeness (QED) is 0.687. The monoisotopic (exact) mass is 377 g/mol. The van der Waals surface area contributed by atoms with E-state index in [0.29, 0.717) is 4.47 Å². The molecule has 2 aromatic rings. The molecule has 1 aromatic carbocycles. The van der Waals surface area contributed by atoms with Crippen LogP contribution in [-0.4, -0.2) is 4.98 Å². The van der Waals surface area contributed by atoms with Crippen LogP contribution in [0.25, 0.3) is 0 Å². The molecule has 0 aliphatic heterocycles. The molecule has 0 spiro atoms. The van der Waals surface area contributed by atoms with E-state index in [2.05, 4.69) is 36.8 Å². The average Bonchev–Trinajstić information content (AvgIpc) is 2.30. The molecule has 0 fully saturated rings. The number of benzene rings is 1. The number of pyridine rings is 1. The maximum Gasteiger partial charge on any atom is 0.219 e. The minimum Gasteiger partial charge on any atom is -0.436 e. The highest BCUT2D eigenvalue weighted by molar-refractivity contribution is 9.10. The van der Waals surface area contributed by atoms with E-state index < -0.39 is 11.6 Å². The van der Waals surface area contributed by atoms with Gasteiger partial charge in [0.15, 0.2) is 11.6 Å². The first-order chi connectivity index (χ1) is 8.47. The summed E-state index contributed by atoms with van der Waals surface area (Å²) < 4.78 is 33.1. The summed E-state index contributed by atoms with van der Waals surface area (Å²) in [7, 11) is 0. The lowest BCUT2D eigenvalue weighted by Crippen LogP contribution is -1.94. The van der Waals surface area contributed by atoms with Gasteiger partial charge in [-0.25, -0.2) is 9.37 Å². The Morgan fingerprint density at radius 1 is 1.17 bits per heavy atom. The summed E-state index contributed by atoms with van der Waals surface area (Å²) >= 11 is 6.36. The maximum absolute atomic E-state index is 13.5. The van der Waals surface area contributed by atoms with Crippen LogP contribution in [0.15, 0.2) is 33.3 Å². The van der Waals surface area contributed by atoms with Crippen LogP contribution in [0, 0.1) is 18.6 Å². The van der Waals surface area contributed by atoms with Gasteiger partial charge in [-0.3, -0.25) is 0 Å². The normalized spacial score (nSPS) is 10.5. The fourth-order valence-electron chi connectivity index (χ4n) is 1.29. The Bertz CT molecular complexity index is 605. The molecule has 18 heavy (non-hydrogen) atoms. The topological polar surface area (TPSA) is 22.1 Å². The molecule has 0 aliphatic rings. The van der Waals surface area contributed by atoms with Gasteiger partial charge in [-0.05, 0) is 40.5 Å². The SMILES string of the molecule is Cc1cc(Oc2cc(Br)cc(F)c2F)ncc1Br. The van der Waals surface area contributed by atoms with Gasteiger partial charge in [-0.2, -0.15) is 4.39 Å². The molecule has 0 aliphatic carbocycles. The molecule has 0 saturated heterocycles. The summed E-state index contributed by atoms with van der Waals surface area (Å²) in [5, 5.41) is 0. The van der Waals surface area contributed by atoms with E-state index in [1.165, 1.54) is 12.3 Å². The molecular formula is C12H7Br2F2NO. The van der Waals surface area contributed by atoms with Crippen molar-refractivity contribution in [2.75, 3.05) is 0 Å². The minimum absolute atomic E-state index is 0.201. The molecular weight excluding hydrogens is 372 g/mol. The van der Waals surface area contributed by atoms with Crippen LogP contribution in [-0.2, 0) is 0 Å². The van der Waals surface area contributed by atoms with Crippen molar-refractivity contribution in [2.45, 2.75) is 6.92 Å². The minimum atomic E-state index is -1.04. The summed E-state index contributed by atoms with van der Waals surface area (Å²) in [6.07, 6.45) is 1.54. The average molecular weight is 379 g/mol. The van der Waals surface area contributed by atoms with Gasteiger partial charge >= 0.3 is 0 Å². The number of halogens is 4. The number of aryl methyl sites for hydroxylation is 1. The van der Waals surface area contributed by atoms with Crippen LogP contribution in [0.3, 0.4) is 0 Å². The molecule has 94 valence electrons. The van der Waals surface area contributed by atoms with Gasteiger partial charge in [0.1, 0.15) is 0 Å². The second-order valence-electron chi connectivity index (χ2n) is 3.57. The number of hydrogen-bond acceptors (Lipinski definition) is 2. The van der Waals surface area contributed by atoms with Crippen LogP contribution in [0.2, 0.25) is 0 Å². The van der Waals surface area contributed by atoms with Crippen molar-refractivity contribution in [1.29, 1.82) is 0 Å². The lowest BCUT2D eigenvalue weighted by atomic mass is 10.3. The Balaban J connectivity index is 2.36. The van der Waals surface area contributed by atoms with Crippen molar-refractivity contribution >= 4 is 31.9 Å². The van der Waals surface area contributed by atoms with Crippen molar-refractivity contribution in [3.8, 4) is 11.6 Å². The predicted molar refractivity (Wildman–Crippen MR) is 70.8 cm³/mol. The molecule has 2 rings (SSSR count). The largest absolute Gasteiger partial charge is 0.436 e. The molecule has 0 atom stereocenters. The molecule has 0 radical (unpaired) electrons. The van der Waals surface area contributed by atoms with Gasteiger partial charge in [-0.1, -0.05) is 15.9 Å². The molecule has 1 aromatic heterocycles. The first kappa shape index (κ1) is 13.4. The highest BCUT2D eigenvalue weighted by Crippen LogP contribution is 2.29. The van der Waals surface area contributed by atoms with Crippen molar-refractivity contribution in [2.24, 2.45) is 0 Å². The van der Waals surface area contributed by atoms with Crippen LogP contribution < -0.4 is 4.74 Å². The highest BCUT2D eigenvalue weighted by atomic mass is 79.9. The number of nitrogens with zero attached hydrogens (tertiary/aromatic N) is 1. The van der Waals surface area contributed by atoms with Crippen LogP contribution in [0.1, 0.15) is 5.56 Å². The van der Waals surface area contributed by atoms with Gasteiger partial charge in [0.25, 0.3) is 0 Å². The number of ether oxygens (including phenoxy) is 1. The molecule has 2 nitrogen and oxygen atoms in total. The van der Waals surface area contributed by atoms with E-state index in [0.717, 1.165) is 16.1 Å². The molecule has 6 heteroatoms. The Hall–Kier alpha value is -1.01. The van der Waals surface area contributed by atoms with E-state index in [1.54, 1.807) is 6.07 Å². The number of rotatable bonds is 2. The Morgan fingerprint density at radius 3 is 2.56 bits per heavy atom. The Labute approximate surface area is 119 Å². The van der Waals surface area contributed by atoms with Crippen molar-refractivity contribution in [3.05, 3.63) is 50.5 Å². The predicted octanol–water partition coefficient (Wildman–Crippen LogP) is 4.99. The summed E-state index contributed by atoms with van der Waals surface area (Å²) in [5.74, 6) is -2.03. The summed E-state index contributed by atoms with van der Waals surface area (Å²) in [4.78, 5) is 3.96. The second kappa shape index (κ2) is 5.32. The van der Waals surface area contributed by atoms with E-state index in [-0.39, 0.29) is 11.6 Å². The zero-order valence-corrected chi connectivity index (χ0v) is 12.3. The fourth-order valence-corrected chi connectivity index (χ4v) is 1.91. The van der Waals surface area contributed by atoms with E-state index in [9.17, 15) is 8.78 Å². The van der Waals surface area contributed by atoms with Crippen LogP contribution >= 0.6 is 31.9 Å². The summed E-state index contributed by atoms with van der Waals surface area (Å²) in [5.41, 5.74) is 0.885. The third kappa shape index (κ3) is 2.87. The molecule has 0 bridgehead atoms. The van der Waals surface area contributed by atoms with E-state index >= 15 is 0 Å². The van der Waals surface area contributed by atoms with Gasteiger partial charge in [-0.15, -0.1) is 0 Å². The standard InChI is InChI=1S/C12H7Br2F2NO/c1-6-2-11(17-5-8(6)14)18-10-4-7(13)3-9(15)12(10)16/h2-5H,1H3. The first-order valence-electron chi connectivity index (χ1n) is 4.92. The van der Waals surface area contributed by atoms with Gasteiger partial charge in [0.2, 0.25) is 11.7 Å². The van der Waals surface area contributed by atoms with Gasteiger partial charge in [0, 0.05) is 21.2 Å².